The number of halogens is 1. The second-order valence-corrected chi connectivity index (χ2v) is 3.01. The molecule has 3 nitrogen and oxygen atoms in total. The van der Waals surface area contributed by atoms with Gasteiger partial charge in [-0.1, -0.05) is 0 Å². The fourth-order valence-electron chi connectivity index (χ4n) is 0.869. The average Bonchev–Trinajstić information content (AvgIpc) is 2.14. The van der Waals surface area contributed by atoms with Crippen LogP contribution in [0.4, 0.5) is 4.39 Å². The van der Waals surface area contributed by atoms with E-state index >= 15 is 0 Å². The first-order chi connectivity index (χ1) is 6.59. The number of pyridine rings is 1. The van der Waals surface area contributed by atoms with Crippen molar-refractivity contribution in [1.29, 1.82) is 0 Å². The van der Waals surface area contributed by atoms with E-state index in [0.29, 0.717) is 5.56 Å². The van der Waals surface area contributed by atoms with Gasteiger partial charge in [-0.2, -0.15) is 4.39 Å². The van der Waals surface area contributed by atoms with Crippen LogP contribution in [0.1, 0.15) is 10.4 Å². The van der Waals surface area contributed by atoms with Crippen LogP contribution in [0.5, 0.6) is 0 Å². The van der Waals surface area contributed by atoms with E-state index in [9.17, 15) is 9.18 Å². The van der Waals surface area contributed by atoms with E-state index in [1.165, 1.54) is 18.3 Å². The normalized spacial score (nSPS) is 10.5. The lowest BCUT2D eigenvalue weighted by Gasteiger charge is -2.02. The van der Waals surface area contributed by atoms with Crippen molar-refractivity contribution in [3.8, 4) is 0 Å². The lowest BCUT2D eigenvalue weighted by Crippen LogP contribution is -2.03. The molecule has 0 unspecified atom stereocenters. The third-order valence-electron chi connectivity index (χ3n) is 1.54. The number of carbonyl (C=O) groups excluding carboxylic acids is 1. The van der Waals surface area contributed by atoms with Crippen LogP contribution in [-0.2, 0) is 0 Å². The molecule has 0 aliphatic heterocycles. The molecule has 4 heteroatoms. The SMILES string of the molecule is CN(C)C=CC(=O)c1ccnc(F)c1. The first-order valence-corrected chi connectivity index (χ1v) is 4.10. The van der Waals surface area contributed by atoms with Crippen LogP contribution >= 0.6 is 0 Å². The maximum Gasteiger partial charge on any atom is 0.213 e. The fraction of sp³-hybridized carbons (Fsp3) is 0.200. The van der Waals surface area contributed by atoms with E-state index in [1.54, 1.807) is 25.2 Å². The van der Waals surface area contributed by atoms with Crippen LogP contribution in [0.3, 0.4) is 0 Å². The van der Waals surface area contributed by atoms with Crippen molar-refractivity contribution in [2.45, 2.75) is 0 Å². The van der Waals surface area contributed by atoms with Crippen molar-refractivity contribution in [3.63, 3.8) is 0 Å². The smallest absolute Gasteiger partial charge is 0.213 e. The number of allylic oxidation sites excluding steroid dienone is 1. The first kappa shape index (κ1) is 10.4. The maximum absolute atomic E-state index is 12.6. The van der Waals surface area contributed by atoms with Gasteiger partial charge in [0.05, 0.1) is 0 Å². The third kappa shape index (κ3) is 2.97. The molecule has 0 N–H and O–H groups in total. The van der Waals surface area contributed by atoms with Crippen LogP contribution in [0, 0.1) is 5.95 Å². The Hall–Kier alpha value is -1.71. The quantitative estimate of drug-likeness (QED) is 0.415. The summed E-state index contributed by atoms with van der Waals surface area (Å²) in [6, 6.07) is 2.59. The van der Waals surface area contributed by atoms with Gasteiger partial charge in [-0.05, 0) is 6.07 Å². The van der Waals surface area contributed by atoms with Crippen molar-refractivity contribution < 1.29 is 9.18 Å². The van der Waals surface area contributed by atoms with E-state index in [0.717, 1.165) is 6.07 Å². The van der Waals surface area contributed by atoms with Crippen molar-refractivity contribution in [2.75, 3.05) is 14.1 Å². The van der Waals surface area contributed by atoms with Crippen LogP contribution in [0.25, 0.3) is 0 Å². The zero-order valence-electron chi connectivity index (χ0n) is 8.07. The summed E-state index contributed by atoms with van der Waals surface area (Å²) in [4.78, 5) is 16.5. The van der Waals surface area contributed by atoms with Crippen LogP contribution < -0.4 is 0 Å². The van der Waals surface area contributed by atoms with Gasteiger partial charge in [0.1, 0.15) is 0 Å². The lowest BCUT2D eigenvalue weighted by molar-refractivity contribution is 0.104. The third-order valence-corrected chi connectivity index (χ3v) is 1.54. The predicted molar refractivity (Wildman–Crippen MR) is 51.4 cm³/mol. The molecule has 0 aromatic carbocycles. The number of aromatic nitrogens is 1. The van der Waals surface area contributed by atoms with Gasteiger partial charge in [0, 0.05) is 44.2 Å². The molecule has 0 aliphatic carbocycles. The zero-order chi connectivity index (χ0) is 10.6. The molecular weight excluding hydrogens is 183 g/mol. The molecule has 0 spiro atoms. The first-order valence-electron chi connectivity index (χ1n) is 4.10. The number of ketones is 1. The van der Waals surface area contributed by atoms with Gasteiger partial charge in [0.25, 0.3) is 0 Å². The molecule has 0 radical (unpaired) electrons. The monoisotopic (exact) mass is 194 g/mol. The standard InChI is InChI=1S/C10H11FN2O/c1-13(2)6-4-9(14)8-3-5-12-10(11)7-8/h3-7H,1-2H3. The number of hydrogen-bond donors (Lipinski definition) is 0. The van der Waals surface area contributed by atoms with E-state index < -0.39 is 5.95 Å². The molecular formula is C10H11FN2O. The van der Waals surface area contributed by atoms with Crippen LogP contribution in [0.2, 0.25) is 0 Å². The molecule has 0 fully saturated rings. The molecule has 0 saturated carbocycles. The Labute approximate surface area is 81.9 Å². The highest BCUT2D eigenvalue weighted by Gasteiger charge is 2.02. The van der Waals surface area contributed by atoms with Gasteiger partial charge in [-0.25, -0.2) is 4.98 Å². The van der Waals surface area contributed by atoms with Gasteiger partial charge in [0.15, 0.2) is 5.78 Å². The Morgan fingerprint density at radius 1 is 1.57 bits per heavy atom. The average molecular weight is 194 g/mol. The summed E-state index contributed by atoms with van der Waals surface area (Å²) in [7, 11) is 3.60. The number of rotatable bonds is 3. The summed E-state index contributed by atoms with van der Waals surface area (Å²) < 4.78 is 12.6. The predicted octanol–water partition coefficient (Wildman–Crippen LogP) is 1.48. The minimum atomic E-state index is -0.644. The van der Waals surface area contributed by atoms with Gasteiger partial charge in [-0.15, -0.1) is 0 Å². The van der Waals surface area contributed by atoms with Gasteiger partial charge >= 0.3 is 0 Å². The van der Waals surface area contributed by atoms with E-state index in [-0.39, 0.29) is 5.78 Å². The molecule has 0 aliphatic rings. The summed E-state index contributed by atoms with van der Waals surface area (Å²) in [5, 5.41) is 0. The molecule has 0 amide bonds. The molecule has 1 aromatic heterocycles. The largest absolute Gasteiger partial charge is 0.383 e. The molecule has 0 atom stereocenters. The van der Waals surface area contributed by atoms with E-state index in [4.69, 9.17) is 0 Å². The van der Waals surface area contributed by atoms with Crippen LogP contribution in [0.15, 0.2) is 30.6 Å². The second kappa shape index (κ2) is 4.50. The summed E-state index contributed by atoms with van der Waals surface area (Å²) >= 11 is 0. The van der Waals surface area contributed by atoms with Crippen molar-refractivity contribution in [3.05, 3.63) is 42.1 Å². The second-order valence-electron chi connectivity index (χ2n) is 3.01. The highest BCUT2D eigenvalue weighted by Crippen LogP contribution is 2.02. The number of hydrogen-bond acceptors (Lipinski definition) is 3. The summed E-state index contributed by atoms with van der Waals surface area (Å²) in [6.45, 7) is 0. The Bertz CT molecular complexity index is 361. The molecule has 0 saturated heterocycles. The Morgan fingerprint density at radius 3 is 2.86 bits per heavy atom. The van der Waals surface area contributed by atoms with E-state index in [2.05, 4.69) is 4.98 Å². The summed E-state index contributed by atoms with van der Waals surface area (Å²) in [5.74, 6) is -0.880. The summed E-state index contributed by atoms with van der Waals surface area (Å²) in [6.07, 6.45) is 4.27. The molecule has 0 bridgehead atoms. The Morgan fingerprint density at radius 2 is 2.29 bits per heavy atom. The molecule has 1 rings (SSSR count). The van der Waals surface area contributed by atoms with Gasteiger partial charge in [-0.3, -0.25) is 4.79 Å². The topological polar surface area (TPSA) is 33.2 Å². The lowest BCUT2D eigenvalue weighted by atomic mass is 10.2. The van der Waals surface area contributed by atoms with Crippen LogP contribution in [-0.4, -0.2) is 29.8 Å². The molecule has 14 heavy (non-hydrogen) atoms. The Balaban J connectivity index is 2.80. The number of nitrogens with zero attached hydrogens (tertiary/aromatic N) is 2. The maximum atomic E-state index is 12.6. The zero-order valence-corrected chi connectivity index (χ0v) is 8.07. The molecule has 74 valence electrons. The van der Waals surface area contributed by atoms with Gasteiger partial charge < -0.3 is 4.90 Å². The number of carbonyl (C=O) groups is 1. The minimum Gasteiger partial charge on any atom is -0.383 e. The minimum absolute atomic E-state index is 0.236. The van der Waals surface area contributed by atoms with Crippen molar-refractivity contribution >= 4 is 5.78 Å². The highest BCUT2D eigenvalue weighted by atomic mass is 19.1. The van der Waals surface area contributed by atoms with Crippen molar-refractivity contribution in [2.24, 2.45) is 0 Å². The van der Waals surface area contributed by atoms with E-state index in [1.807, 2.05) is 0 Å². The highest BCUT2D eigenvalue weighted by molar-refractivity contribution is 6.04. The molecule has 1 aromatic rings. The van der Waals surface area contributed by atoms with Crippen molar-refractivity contribution in [1.82, 2.24) is 9.88 Å². The molecule has 1 heterocycles. The van der Waals surface area contributed by atoms with Gasteiger partial charge in [0.2, 0.25) is 5.95 Å². The fourth-order valence-corrected chi connectivity index (χ4v) is 0.869. The summed E-state index contributed by atoms with van der Waals surface area (Å²) in [5.41, 5.74) is 0.301. The Kier molecular flexibility index (Phi) is 3.34.